The molecule has 0 bridgehead atoms. The molecule has 0 radical (unpaired) electrons. The van der Waals surface area contributed by atoms with Gasteiger partial charge in [0.1, 0.15) is 0 Å². The maximum Gasteiger partial charge on any atom is 0.410 e. The second kappa shape index (κ2) is 5.09. The third kappa shape index (κ3) is 6.34. The lowest BCUT2D eigenvalue weighted by Crippen LogP contribution is -2.10. The Labute approximate surface area is 81.2 Å². The maximum absolute atomic E-state index is 10.7. The van der Waals surface area contributed by atoms with Crippen molar-refractivity contribution < 1.29 is 29.0 Å². The molecular weight excluding hydrogens is 232 g/mol. The Morgan fingerprint density at radius 1 is 1.43 bits per heavy atom. The van der Waals surface area contributed by atoms with Crippen LogP contribution in [0.3, 0.4) is 0 Å². The van der Waals surface area contributed by atoms with Gasteiger partial charge in [-0.3, -0.25) is 9.56 Å². The molecule has 0 aromatic heterocycles. The average molecular weight is 244 g/mol. The second-order valence-electron chi connectivity index (χ2n) is 2.44. The summed E-state index contributed by atoms with van der Waals surface area (Å²) in [6.45, 7) is 3.20. The minimum Gasteiger partial charge on any atom is -0.320 e. The van der Waals surface area contributed by atoms with Crippen LogP contribution in [-0.4, -0.2) is 42.6 Å². The van der Waals surface area contributed by atoms with Gasteiger partial charge < -0.3 is 9.79 Å². The predicted octanol–water partition coefficient (Wildman–Crippen LogP) is -0.512. The van der Waals surface area contributed by atoms with E-state index in [1.807, 2.05) is 0 Å². The molecular formula is C5H12NO6P2+. The summed E-state index contributed by atoms with van der Waals surface area (Å²) >= 11 is 0. The highest BCUT2D eigenvalue weighted by Gasteiger charge is 2.39. The van der Waals surface area contributed by atoms with Crippen molar-refractivity contribution in [2.75, 3.05) is 12.7 Å². The summed E-state index contributed by atoms with van der Waals surface area (Å²) in [6, 6.07) is 0. The summed E-state index contributed by atoms with van der Waals surface area (Å²) in [6.07, 6.45) is 0.354. The van der Waals surface area contributed by atoms with Crippen molar-refractivity contribution in [3.05, 3.63) is 12.7 Å². The van der Waals surface area contributed by atoms with Crippen LogP contribution in [-0.2, 0) is 4.57 Å². The lowest BCUT2D eigenvalue weighted by molar-refractivity contribution is 0.335. The summed E-state index contributed by atoms with van der Waals surface area (Å²) in [5.74, 6) is 0. The molecule has 7 nitrogen and oxygen atoms in total. The number of nitrogens with zero attached hydrogens (tertiary/aromatic N) is 1. The van der Waals surface area contributed by atoms with Crippen LogP contribution < -0.4 is 0 Å². The molecule has 0 aliphatic heterocycles. The molecule has 0 atom stereocenters. The summed E-state index contributed by atoms with van der Waals surface area (Å²) in [5.41, 5.74) is -0.738. The third-order valence-corrected chi connectivity index (χ3v) is 3.04. The zero-order valence-corrected chi connectivity index (χ0v) is 8.97. The molecule has 0 rings (SSSR count). The van der Waals surface area contributed by atoms with E-state index < -0.39 is 27.2 Å². The molecule has 82 valence electrons. The van der Waals surface area contributed by atoms with Crippen molar-refractivity contribution >= 4 is 21.0 Å². The minimum atomic E-state index is -4.65. The summed E-state index contributed by atoms with van der Waals surface area (Å²) in [5, 5.41) is 0. The molecule has 0 saturated carbocycles. The van der Waals surface area contributed by atoms with E-state index in [-0.39, 0.29) is 6.54 Å². The number of hydrogen-bond donors (Lipinski definition) is 5. The average Bonchev–Trinajstić information content (AvgIpc) is 1.93. The SMILES string of the molecule is C=CCN=C(C[P+](O)(O)O)P(=O)(O)O. The van der Waals surface area contributed by atoms with E-state index in [0.29, 0.717) is 0 Å². The van der Waals surface area contributed by atoms with Crippen molar-refractivity contribution in [2.45, 2.75) is 0 Å². The van der Waals surface area contributed by atoms with E-state index in [4.69, 9.17) is 24.5 Å². The van der Waals surface area contributed by atoms with Gasteiger partial charge in [0.25, 0.3) is 0 Å². The molecule has 5 N–H and O–H groups in total. The molecule has 0 aromatic carbocycles. The normalized spacial score (nSPS) is 14.2. The van der Waals surface area contributed by atoms with Gasteiger partial charge in [0.2, 0.25) is 0 Å². The van der Waals surface area contributed by atoms with Crippen LogP contribution in [0, 0.1) is 0 Å². The van der Waals surface area contributed by atoms with Gasteiger partial charge in [-0.15, -0.1) is 6.58 Å². The fourth-order valence-corrected chi connectivity index (χ4v) is 2.65. The Kier molecular flexibility index (Phi) is 5.05. The quantitative estimate of drug-likeness (QED) is 0.251. The van der Waals surface area contributed by atoms with E-state index in [1.54, 1.807) is 0 Å². The van der Waals surface area contributed by atoms with Crippen molar-refractivity contribution in [3.63, 3.8) is 0 Å². The minimum absolute atomic E-state index is 0.0690. The van der Waals surface area contributed by atoms with Crippen molar-refractivity contribution in [3.8, 4) is 0 Å². The van der Waals surface area contributed by atoms with Crippen LogP contribution in [0.25, 0.3) is 0 Å². The van der Waals surface area contributed by atoms with E-state index in [9.17, 15) is 4.57 Å². The second-order valence-corrected chi connectivity index (χ2v) is 5.75. The van der Waals surface area contributed by atoms with Crippen LogP contribution in [0.2, 0.25) is 0 Å². The lowest BCUT2D eigenvalue weighted by Gasteiger charge is -2.08. The van der Waals surface area contributed by atoms with Gasteiger partial charge in [0, 0.05) is 0 Å². The molecule has 0 unspecified atom stereocenters. The smallest absolute Gasteiger partial charge is 0.320 e. The van der Waals surface area contributed by atoms with Crippen LogP contribution in [0.15, 0.2) is 17.6 Å². The van der Waals surface area contributed by atoms with E-state index in [1.165, 1.54) is 6.08 Å². The van der Waals surface area contributed by atoms with Gasteiger partial charge in [0.05, 0.1) is 6.54 Å². The monoisotopic (exact) mass is 244 g/mol. The molecule has 0 saturated heterocycles. The molecule has 9 heteroatoms. The first kappa shape index (κ1) is 13.9. The Hall–Kier alpha value is -0.130. The summed E-state index contributed by atoms with van der Waals surface area (Å²) in [4.78, 5) is 46.6. The number of hydrogen-bond acceptors (Lipinski definition) is 5. The Bertz CT molecular complexity index is 276. The Morgan fingerprint density at radius 2 is 1.93 bits per heavy atom. The first-order valence-corrected chi connectivity index (χ1v) is 6.88. The first-order chi connectivity index (χ1) is 6.17. The van der Waals surface area contributed by atoms with Crippen LogP contribution in [0.4, 0.5) is 0 Å². The van der Waals surface area contributed by atoms with Gasteiger partial charge in [0.15, 0.2) is 11.6 Å². The fraction of sp³-hybridized carbons (Fsp3) is 0.400. The third-order valence-electron chi connectivity index (χ3n) is 1.09. The fourth-order valence-electron chi connectivity index (χ4n) is 0.594. The highest BCUT2D eigenvalue weighted by Crippen LogP contribution is 2.50. The van der Waals surface area contributed by atoms with Crippen LogP contribution in [0.1, 0.15) is 0 Å². The largest absolute Gasteiger partial charge is 0.410 e. The van der Waals surface area contributed by atoms with Gasteiger partial charge in [-0.05, 0) is 0 Å². The maximum atomic E-state index is 10.7. The van der Waals surface area contributed by atoms with Gasteiger partial charge in [-0.2, -0.15) is 14.7 Å². The predicted molar refractivity (Wildman–Crippen MR) is 53.0 cm³/mol. The molecule has 14 heavy (non-hydrogen) atoms. The summed E-state index contributed by atoms with van der Waals surface area (Å²) < 4.78 is 10.7. The molecule has 0 aliphatic rings. The van der Waals surface area contributed by atoms with Gasteiger partial charge in [-0.1, -0.05) is 6.08 Å². The molecule has 0 amide bonds. The topological polar surface area (TPSA) is 131 Å². The highest BCUT2D eigenvalue weighted by molar-refractivity contribution is 7.74. The number of aliphatic imine (C=N–C) groups is 1. The standard InChI is InChI=1S/C5H11NO6P2/c1-2-3-6-5(14(10,11)12)4-13(7,8)9/h2,7-9H,1,3-4H2,(H-,10,11,12)/p+1. The van der Waals surface area contributed by atoms with Crippen molar-refractivity contribution in [1.29, 1.82) is 0 Å². The van der Waals surface area contributed by atoms with E-state index in [2.05, 4.69) is 11.6 Å². The summed E-state index contributed by atoms with van der Waals surface area (Å²) in [7, 11) is -8.92. The molecule has 0 aromatic rings. The van der Waals surface area contributed by atoms with E-state index >= 15 is 0 Å². The van der Waals surface area contributed by atoms with Crippen molar-refractivity contribution in [2.24, 2.45) is 4.99 Å². The zero-order chi connectivity index (χ0) is 11.4. The lowest BCUT2D eigenvalue weighted by atomic mass is 10.6. The Balaban J connectivity index is 4.76. The first-order valence-electron chi connectivity index (χ1n) is 3.43. The van der Waals surface area contributed by atoms with Gasteiger partial charge in [-0.25, -0.2) is 0 Å². The van der Waals surface area contributed by atoms with E-state index in [0.717, 1.165) is 0 Å². The van der Waals surface area contributed by atoms with Crippen LogP contribution in [0.5, 0.6) is 0 Å². The molecule has 0 fully saturated rings. The Morgan fingerprint density at radius 3 is 2.21 bits per heavy atom. The van der Waals surface area contributed by atoms with Gasteiger partial charge >= 0.3 is 15.5 Å². The zero-order valence-electron chi connectivity index (χ0n) is 7.18. The molecule has 0 spiro atoms. The molecule has 0 heterocycles. The van der Waals surface area contributed by atoms with Crippen LogP contribution >= 0.6 is 15.5 Å². The highest BCUT2D eigenvalue weighted by atomic mass is 31.2. The molecule has 0 aliphatic carbocycles. The van der Waals surface area contributed by atoms with Crippen molar-refractivity contribution in [1.82, 2.24) is 0 Å². The number of rotatable bonds is 5.